The van der Waals surface area contributed by atoms with Crippen molar-refractivity contribution in [2.45, 2.75) is 53.5 Å². The molecule has 3 N–H and O–H groups in total. The number of hydrogen-bond donors (Lipinski definition) is 2. The molecule has 0 aromatic carbocycles. The van der Waals surface area contributed by atoms with Crippen molar-refractivity contribution in [3.8, 4) is 0 Å². The third-order valence-electron chi connectivity index (χ3n) is 4.93. The fraction of sp³-hybridized carbons (Fsp3) is 0.706. The molecule has 1 aromatic rings. The van der Waals surface area contributed by atoms with E-state index in [4.69, 9.17) is 5.73 Å². The summed E-state index contributed by atoms with van der Waals surface area (Å²) in [6.07, 6.45) is 2.67. The number of aromatic amines is 1. The monoisotopic (exact) mass is 336 g/mol. The summed E-state index contributed by atoms with van der Waals surface area (Å²) in [5.41, 5.74) is 4.96. The van der Waals surface area contributed by atoms with E-state index in [0.29, 0.717) is 12.5 Å². The summed E-state index contributed by atoms with van der Waals surface area (Å²) in [4.78, 5) is 40.5. The highest BCUT2D eigenvalue weighted by molar-refractivity contribution is 5.96. The first-order chi connectivity index (χ1) is 11.1. The van der Waals surface area contributed by atoms with Crippen molar-refractivity contribution >= 4 is 17.4 Å². The third kappa shape index (κ3) is 3.39. The van der Waals surface area contributed by atoms with Gasteiger partial charge < -0.3 is 10.6 Å². The van der Waals surface area contributed by atoms with Gasteiger partial charge in [-0.2, -0.15) is 0 Å². The van der Waals surface area contributed by atoms with Crippen molar-refractivity contribution in [1.82, 2.24) is 9.55 Å². The van der Waals surface area contributed by atoms with Crippen LogP contribution in [0.1, 0.15) is 47.0 Å². The molecule has 1 aliphatic carbocycles. The lowest BCUT2D eigenvalue weighted by atomic mass is 9.67. The number of rotatable bonds is 3. The number of nitrogens with one attached hydrogen (secondary N) is 1. The Labute approximate surface area is 141 Å². The largest absolute Gasteiger partial charge is 0.383 e. The minimum atomic E-state index is -0.624. The molecule has 7 heteroatoms. The molecule has 1 aliphatic rings. The number of anilines is 2. The number of carbonyl (C=O) groups excluding carboxylic acids is 1. The Kier molecular flexibility index (Phi) is 4.92. The fourth-order valence-corrected chi connectivity index (χ4v) is 4.13. The van der Waals surface area contributed by atoms with E-state index in [1.165, 1.54) is 9.47 Å². The first-order valence-corrected chi connectivity index (χ1v) is 8.47. The number of nitrogens with two attached hydrogens (primary N) is 1. The van der Waals surface area contributed by atoms with Gasteiger partial charge in [-0.15, -0.1) is 0 Å². The summed E-state index contributed by atoms with van der Waals surface area (Å²) in [6.45, 7) is 8.57. The summed E-state index contributed by atoms with van der Waals surface area (Å²) < 4.78 is 1.26. The second-order valence-electron chi connectivity index (χ2n) is 7.74. The van der Waals surface area contributed by atoms with Crippen molar-refractivity contribution < 1.29 is 4.79 Å². The van der Waals surface area contributed by atoms with Gasteiger partial charge in [0.15, 0.2) is 5.69 Å². The standard InChI is InChI=1S/C17H28N4O3/c1-6-21-13(18)12(14(22)19-16(21)24)20(5)15(23)11-7-10(2)8-17(3,4)9-11/h10-11H,6-9,18H2,1-5H3,(H,19,22,24). The molecule has 1 aromatic heterocycles. The second-order valence-corrected chi connectivity index (χ2v) is 7.74. The predicted octanol–water partition coefficient (Wildman–Crippen LogP) is 1.56. The SMILES string of the molecule is CCn1c(N)c(N(C)C(=O)C2CC(C)CC(C)(C)C2)c(=O)[nH]c1=O. The summed E-state index contributed by atoms with van der Waals surface area (Å²) in [5, 5.41) is 0. The molecular weight excluding hydrogens is 308 g/mol. The van der Waals surface area contributed by atoms with Crippen LogP contribution in [0.4, 0.5) is 11.5 Å². The topological polar surface area (TPSA) is 101 Å². The molecule has 2 rings (SSSR count). The molecule has 0 saturated heterocycles. The van der Waals surface area contributed by atoms with Crippen LogP contribution in [0, 0.1) is 17.3 Å². The molecule has 1 saturated carbocycles. The number of carbonyl (C=O) groups is 1. The average Bonchev–Trinajstić information content (AvgIpc) is 2.44. The number of hydrogen-bond acceptors (Lipinski definition) is 4. The van der Waals surface area contributed by atoms with Crippen molar-refractivity contribution in [3.63, 3.8) is 0 Å². The second kappa shape index (κ2) is 6.45. The quantitative estimate of drug-likeness (QED) is 0.874. The fourth-order valence-electron chi connectivity index (χ4n) is 4.13. The molecule has 7 nitrogen and oxygen atoms in total. The first kappa shape index (κ1) is 18.3. The van der Waals surface area contributed by atoms with Crippen LogP contribution in [0.5, 0.6) is 0 Å². The molecule has 0 bridgehead atoms. The third-order valence-corrected chi connectivity index (χ3v) is 4.93. The van der Waals surface area contributed by atoms with Gasteiger partial charge in [0.1, 0.15) is 5.82 Å². The number of H-pyrrole nitrogens is 1. The predicted molar refractivity (Wildman–Crippen MR) is 95.1 cm³/mol. The minimum Gasteiger partial charge on any atom is -0.383 e. The molecule has 0 spiro atoms. The Morgan fingerprint density at radius 3 is 2.54 bits per heavy atom. The van der Waals surface area contributed by atoms with Crippen molar-refractivity contribution in [1.29, 1.82) is 0 Å². The average molecular weight is 336 g/mol. The van der Waals surface area contributed by atoms with Gasteiger partial charge in [-0.05, 0) is 37.5 Å². The van der Waals surface area contributed by atoms with Crippen LogP contribution in [0.2, 0.25) is 0 Å². The summed E-state index contributed by atoms with van der Waals surface area (Å²) >= 11 is 0. The minimum absolute atomic E-state index is 0.0326. The van der Waals surface area contributed by atoms with Crippen LogP contribution < -0.4 is 21.9 Å². The maximum absolute atomic E-state index is 13.0. The Morgan fingerprint density at radius 2 is 2.00 bits per heavy atom. The molecule has 24 heavy (non-hydrogen) atoms. The molecule has 2 unspecified atom stereocenters. The molecule has 1 amide bonds. The van der Waals surface area contributed by atoms with Gasteiger partial charge in [0.25, 0.3) is 5.56 Å². The zero-order chi connectivity index (χ0) is 18.2. The van der Waals surface area contributed by atoms with Gasteiger partial charge in [0.05, 0.1) is 0 Å². The lowest BCUT2D eigenvalue weighted by Gasteiger charge is -2.39. The van der Waals surface area contributed by atoms with Crippen LogP contribution in [0.15, 0.2) is 9.59 Å². The smallest absolute Gasteiger partial charge is 0.330 e. The Balaban J connectivity index is 2.39. The highest BCUT2D eigenvalue weighted by atomic mass is 16.2. The van der Waals surface area contributed by atoms with Gasteiger partial charge in [0.2, 0.25) is 5.91 Å². The van der Waals surface area contributed by atoms with E-state index < -0.39 is 11.2 Å². The van der Waals surface area contributed by atoms with E-state index in [2.05, 4.69) is 25.8 Å². The lowest BCUT2D eigenvalue weighted by molar-refractivity contribution is -0.125. The van der Waals surface area contributed by atoms with Gasteiger partial charge in [0, 0.05) is 19.5 Å². The van der Waals surface area contributed by atoms with Crippen molar-refractivity contribution in [2.24, 2.45) is 17.3 Å². The Bertz CT molecular complexity index is 747. The van der Waals surface area contributed by atoms with Gasteiger partial charge >= 0.3 is 5.69 Å². The van der Waals surface area contributed by atoms with E-state index in [1.807, 2.05) is 0 Å². The lowest BCUT2D eigenvalue weighted by Crippen LogP contribution is -2.43. The first-order valence-electron chi connectivity index (χ1n) is 8.47. The number of aromatic nitrogens is 2. The maximum Gasteiger partial charge on any atom is 0.330 e. The molecule has 1 heterocycles. The summed E-state index contributed by atoms with van der Waals surface area (Å²) in [5.74, 6) is 0.226. The van der Waals surface area contributed by atoms with Crippen LogP contribution in [-0.2, 0) is 11.3 Å². The van der Waals surface area contributed by atoms with E-state index in [1.54, 1.807) is 14.0 Å². The normalized spacial score (nSPS) is 23.0. The molecule has 2 atom stereocenters. The van der Waals surface area contributed by atoms with Crippen LogP contribution in [-0.4, -0.2) is 22.5 Å². The molecular formula is C17H28N4O3. The van der Waals surface area contributed by atoms with E-state index >= 15 is 0 Å². The van der Waals surface area contributed by atoms with Crippen LogP contribution in [0.3, 0.4) is 0 Å². The van der Waals surface area contributed by atoms with Gasteiger partial charge in [-0.25, -0.2) is 4.79 Å². The molecule has 0 aliphatic heterocycles. The number of amides is 1. The van der Waals surface area contributed by atoms with Crippen LogP contribution in [0.25, 0.3) is 0 Å². The Hall–Kier alpha value is -2.05. The van der Waals surface area contributed by atoms with E-state index in [9.17, 15) is 14.4 Å². The summed E-state index contributed by atoms with van der Waals surface area (Å²) in [7, 11) is 1.56. The summed E-state index contributed by atoms with van der Waals surface area (Å²) in [6, 6.07) is 0. The van der Waals surface area contributed by atoms with Gasteiger partial charge in [-0.3, -0.25) is 19.1 Å². The Morgan fingerprint density at radius 1 is 1.38 bits per heavy atom. The molecule has 0 radical (unpaired) electrons. The highest BCUT2D eigenvalue weighted by Gasteiger charge is 2.37. The van der Waals surface area contributed by atoms with E-state index in [-0.39, 0.29) is 28.7 Å². The zero-order valence-corrected chi connectivity index (χ0v) is 15.2. The highest BCUT2D eigenvalue weighted by Crippen LogP contribution is 2.42. The molecule has 1 fully saturated rings. The van der Waals surface area contributed by atoms with E-state index in [0.717, 1.165) is 19.3 Å². The van der Waals surface area contributed by atoms with Crippen molar-refractivity contribution in [3.05, 3.63) is 20.8 Å². The zero-order valence-electron chi connectivity index (χ0n) is 15.2. The molecule has 134 valence electrons. The van der Waals surface area contributed by atoms with Crippen LogP contribution >= 0.6 is 0 Å². The van der Waals surface area contributed by atoms with Gasteiger partial charge in [-0.1, -0.05) is 20.8 Å². The van der Waals surface area contributed by atoms with Crippen molar-refractivity contribution in [2.75, 3.05) is 17.7 Å². The maximum atomic E-state index is 13.0. The number of nitrogen functional groups attached to an aromatic ring is 1. The number of nitrogens with zero attached hydrogens (tertiary/aromatic N) is 2.